The first-order chi connectivity index (χ1) is 8.30. The third-order valence-corrected chi connectivity index (χ3v) is 2.18. The SMILES string of the molecule is CC(C)(C)[C@H](NC(=O)NCc1nn[nH]n1)C(=O)O. The predicted octanol–water partition coefficient (Wildman–Crippen LogP) is -0.502. The van der Waals surface area contributed by atoms with Crippen molar-refractivity contribution in [1.29, 1.82) is 0 Å². The van der Waals surface area contributed by atoms with Gasteiger partial charge in [0.2, 0.25) is 0 Å². The number of rotatable bonds is 4. The van der Waals surface area contributed by atoms with E-state index in [9.17, 15) is 9.59 Å². The van der Waals surface area contributed by atoms with Crippen LogP contribution in [0, 0.1) is 5.41 Å². The second-order valence-corrected chi connectivity index (χ2v) is 4.79. The number of nitrogens with one attached hydrogen (secondary N) is 3. The zero-order valence-electron chi connectivity index (χ0n) is 10.4. The van der Waals surface area contributed by atoms with E-state index < -0.39 is 23.5 Å². The molecular weight excluding hydrogens is 240 g/mol. The maximum Gasteiger partial charge on any atom is 0.326 e. The molecule has 1 aromatic rings. The summed E-state index contributed by atoms with van der Waals surface area (Å²) in [6, 6.07) is -1.58. The van der Waals surface area contributed by atoms with Gasteiger partial charge in [-0.3, -0.25) is 0 Å². The van der Waals surface area contributed by atoms with Gasteiger partial charge in [-0.05, 0) is 5.41 Å². The fourth-order valence-electron chi connectivity index (χ4n) is 1.25. The van der Waals surface area contributed by atoms with E-state index in [4.69, 9.17) is 5.11 Å². The molecule has 18 heavy (non-hydrogen) atoms. The van der Waals surface area contributed by atoms with Crippen LogP contribution in [0.1, 0.15) is 26.6 Å². The summed E-state index contributed by atoms with van der Waals surface area (Å²) in [5.74, 6) is -0.773. The van der Waals surface area contributed by atoms with Crippen LogP contribution in [0.4, 0.5) is 4.79 Å². The Morgan fingerprint density at radius 3 is 2.56 bits per heavy atom. The second kappa shape index (κ2) is 5.43. The first-order valence-corrected chi connectivity index (χ1v) is 5.30. The largest absolute Gasteiger partial charge is 0.480 e. The summed E-state index contributed by atoms with van der Waals surface area (Å²) in [4.78, 5) is 22.6. The Labute approximate surface area is 103 Å². The van der Waals surface area contributed by atoms with Crippen molar-refractivity contribution >= 4 is 12.0 Å². The first kappa shape index (κ1) is 13.9. The normalized spacial score (nSPS) is 12.8. The minimum Gasteiger partial charge on any atom is -0.480 e. The van der Waals surface area contributed by atoms with Crippen molar-refractivity contribution < 1.29 is 14.7 Å². The Morgan fingerprint density at radius 2 is 2.11 bits per heavy atom. The fraction of sp³-hybridized carbons (Fsp3) is 0.667. The number of aliphatic carboxylic acids is 1. The van der Waals surface area contributed by atoms with Crippen molar-refractivity contribution in [2.24, 2.45) is 5.41 Å². The topological polar surface area (TPSA) is 133 Å². The summed E-state index contributed by atoms with van der Waals surface area (Å²) in [5.41, 5.74) is -0.588. The number of hydrogen-bond acceptors (Lipinski definition) is 5. The lowest BCUT2D eigenvalue weighted by molar-refractivity contribution is -0.141. The molecule has 0 aliphatic heterocycles. The van der Waals surface area contributed by atoms with Gasteiger partial charge in [0.25, 0.3) is 0 Å². The second-order valence-electron chi connectivity index (χ2n) is 4.79. The molecule has 0 aromatic carbocycles. The molecule has 0 bridgehead atoms. The van der Waals surface area contributed by atoms with Gasteiger partial charge >= 0.3 is 12.0 Å². The molecule has 4 N–H and O–H groups in total. The molecule has 0 unspecified atom stereocenters. The van der Waals surface area contributed by atoms with Crippen molar-refractivity contribution in [3.05, 3.63) is 5.82 Å². The van der Waals surface area contributed by atoms with Crippen LogP contribution in [0.25, 0.3) is 0 Å². The number of tetrazole rings is 1. The highest BCUT2D eigenvalue weighted by molar-refractivity contribution is 5.83. The average Bonchev–Trinajstić information content (AvgIpc) is 2.73. The summed E-state index contributed by atoms with van der Waals surface area (Å²) in [5, 5.41) is 26.7. The van der Waals surface area contributed by atoms with Gasteiger partial charge in [-0.25, -0.2) is 9.59 Å². The van der Waals surface area contributed by atoms with Crippen molar-refractivity contribution in [2.45, 2.75) is 33.4 Å². The summed E-state index contributed by atoms with van der Waals surface area (Å²) in [7, 11) is 0. The summed E-state index contributed by atoms with van der Waals surface area (Å²) in [6.07, 6.45) is 0. The molecular formula is C9H16N6O3. The number of hydrogen-bond donors (Lipinski definition) is 4. The minimum absolute atomic E-state index is 0.0683. The smallest absolute Gasteiger partial charge is 0.326 e. The number of carboxylic acids is 1. The number of amides is 2. The zero-order valence-corrected chi connectivity index (χ0v) is 10.4. The number of carbonyl (C=O) groups is 2. The number of aromatic amines is 1. The zero-order chi connectivity index (χ0) is 13.8. The highest BCUT2D eigenvalue weighted by Crippen LogP contribution is 2.19. The van der Waals surface area contributed by atoms with Crippen molar-refractivity contribution in [3.8, 4) is 0 Å². The average molecular weight is 256 g/mol. The van der Waals surface area contributed by atoms with Crippen molar-refractivity contribution in [3.63, 3.8) is 0 Å². The van der Waals surface area contributed by atoms with Gasteiger partial charge in [0.15, 0.2) is 5.82 Å². The monoisotopic (exact) mass is 256 g/mol. The van der Waals surface area contributed by atoms with Gasteiger partial charge in [-0.1, -0.05) is 26.0 Å². The van der Waals surface area contributed by atoms with Crippen LogP contribution in [-0.4, -0.2) is 43.8 Å². The van der Waals surface area contributed by atoms with Crippen LogP contribution in [0.15, 0.2) is 0 Å². The number of nitrogens with zero attached hydrogens (tertiary/aromatic N) is 3. The summed E-state index contributed by atoms with van der Waals surface area (Å²) >= 11 is 0. The number of carboxylic acid groups (broad SMARTS) is 1. The fourth-order valence-corrected chi connectivity index (χ4v) is 1.25. The van der Waals surface area contributed by atoms with E-state index in [0.717, 1.165) is 0 Å². The molecule has 0 aliphatic carbocycles. The van der Waals surface area contributed by atoms with Gasteiger partial charge in [-0.15, -0.1) is 10.2 Å². The molecule has 100 valence electrons. The van der Waals surface area contributed by atoms with Crippen molar-refractivity contribution in [1.82, 2.24) is 31.3 Å². The molecule has 1 heterocycles. The van der Waals surface area contributed by atoms with E-state index in [1.54, 1.807) is 20.8 Å². The number of H-pyrrole nitrogens is 1. The highest BCUT2D eigenvalue weighted by Gasteiger charge is 2.32. The van der Waals surface area contributed by atoms with E-state index in [1.165, 1.54) is 0 Å². The molecule has 2 amide bonds. The van der Waals surface area contributed by atoms with E-state index >= 15 is 0 Å². The summed E-state index contributed by atoms with van der Waals surface area (Å²) in [6.45, 7) is 5.25. The molecule has 0 radical (unpaired) electrons. The molecule has 1 atom stereocenters. The summed E-state index contributed by atoms with van der Waals surface area (Å²) < 4.78 is 0. The van der Waals surface area contributed by atoms with E-state index in [2.05, 4.69) is 31.3 Å². The van der Waals surface area contributed by atoms with E-state index in [1.807, 2.05) is 0 Å². The lowest BCUT2D eigenvalue weighted by Gasteiger charge is -2.27. The van der Waals surface area contributed by atoms with Gasteiger partial charge in [0.05, 0.1) is 6.54 Å². The number of aromatic nitrogens is 4. The molecule has 9 heteroatoms. The number of urea groups is 1. The Kier molecular flexibility index (Phi) is 4.18. The molecule has 0 aliphatic rings. The highest BCUT2D eigenvalue weighted by atomic mass is 16.4. The standard InChI is InChI=1S/C9H16N6O3/c1-9(2,3)6(7(16)17)11-8(18)10-4-5-12-14-15-13-5/h6H,4H2,1-3H3,(H,16,17)(H2,10,11,18)(H,12,13,14,15)/t6-/m1/s1. The quantitative estimate of drug-likeness (QED) is 0.574. The molecule has 9 nitrogen and oxygen atoms in total. The lowest BCUT2D eigenvalue weighted by Crippen LogP contribution is -2.52. The van der Waals surface area contributed by atoms with Crippen LogP contribution in [0.5, 0.6) is 0 Å². The molecule has 0 saturated heterocycles. The molecule has 1 aromatic heterocycles. The van der Waals surface area contributed by atoms with Crippen LogP contribution in [0.3, 0.4) is 0 Å². The van der Waals surface area contributed by atoms with Crippen LogP contribution in [0.2, 0.25) is 0 Å². The van der Waals surface area contributed by atoms with Gasteiger partial charge in [0, 0.05) is 0 Å². The molecule has 0 spiro atoms. The third-order valence-electron chi connectivity index (χ3n) is 2.18. The maximum atomic E-state index is 11.5. The number of carbonyl (C=O) groups excluding carboxylic acids is 1. The van der Waals surface area contributed by atoms with Crippen LogP contribution >= 0.6 is 0 Å². The Hall–Kier alpha value is -2.19. The molecule has 0 saturated carbocycles. The van der Waals surface area contributed by atoms with Gasteiger partial charge in [0.1, 0.15) is 6.04 Å². The molecule has 0 fully saturated rings. The van der Waals surface area contributed by atoms with E-state index in [-0.39, 0.29) is 6.54 Å². The van der Waals surface area contributed by atoms with Gasteiger partial charge in [-0.2, -0.15) is 5.21 Å². The van der Waals surface area contributed by atoms with Crippen LogP contribution in [-0.2, 0) is 11.3 Å². The maximum absolute atomic E-state index is 11.5. The van der Waals surface area contributed by atoms with Crippen LogP contribution < -0.4 is 10.6 Å². The Balaban J connectivity index is 2.49. The van der Waals surface area contributed by atoms with Gasteiger partial charge < -0.3 is 15.7 Å². The lowest BCUT2D eigenvalue weighted by atomic mass is 9.87. The minimum atomic E-state index is -1.09. The molecule has 1 rings (SSSR count). The van der Waals surface area contributed by atoms with E-state index in [0.29, 0.717) is 5.82 Å². The third kappa shape index (κ3) is 4.00. The van der Waals surface area contributed by atoms with Crippen molar-refractivity contribution in [2.75, 3.05) is 0 Å². The Morgan fingerprint density at radius 1 is 1.44 bits per heavy atom. The predicted molar refractivity (Wildman–Crippen MR) is 60.4 cm³/mol. The first-order valence-electron chi connectivity index (χ1n) is 5.30. The Bertz CT molecular complexity index is 410.